The maximum Gasteiger partial charge on any atom is 0.0948 e. The van der Waals surface area contributed by atoms with E-state index >= 15 is 0 Å². The van der Waals surface area contributed by atoms with Gasteiger partial charge < -0.3 is 9.88 Å². The Labute approximate surface area is 99.3 Å². The average molecular weight is 223 g/mol. The number of unbranched alkanes of at least 4 members (excludes halogenated alkanes) is 5. The molecule has 0 bridgehead atoms. The minimum absolute atomic E-state index is 0.913. The van der Waals surface area contributed by atoms with Gasteiger partial charge in [0, 0.05) is 19.3 Å². The average Bonchev–Trinajstić information content (AvgIpc) is 2.72. The van der Waals surface area contributed by atoms with Crippen molar-refractivity contribution in [2.75, 3.05) is 7.05 Å². The molecule has 3 heteroatoms. The third-order valence-electron chi connectivity index (χ3n) is 2.91. The van der Waals surface area contributed by atoms with Crippen LogP contribution in [0.15, 0.2) is 12.5 Å². The first kappa shape index (κ1) is 13.2. The topological polar surface area (TPSA) is 29.9 Å². The third-order valence-corrected chi connectivity index (χ3v) is 2.91. The standard InChI is InChI=1S/C13H25N3/c1-3-4-5-6-7-8-9-16-12-15-11-13(16)10-14-2/h11-12,14H,3-10H2,1-2H3. The fraction of sp³-hybridized carbons (Fsp3) is 0.769. The van der Waals surface area contributed by atoms with Gasteiger partial charge in [-0.05, 0) is 13.5 Å². The molecule has 0 aliphatic rings. The van der Waals surface area contributed by atoms with Crippen LogP contribution in [0.1, 0.15) is 51.1 Å². The zero-order valence-electron chi connectivity index (χ0n) is 10.7. The smallest absolute Gasteiger partial charge is 0.0948 e. The highest BCUT2D eigenvalue weighted by Gasteiger charge is 1.99. The number of imidazole rings is 1. The van der Waals surface area contributed by atoms with Gasteiger partial charge in [0.15, 0.2) is 0 Å². The number of aryl methyl sites for hydroxylation is 1. The lowest BCUT2D eigenvalue weighted by Gasteiger charge is -2.07. The van der Waals surface area contributed by atoms with E-state index in [0.29, 0.717) is 0 Å². The lowest BCUT2D eigenvalue weighted by atomic mass is 10.1. The second-order valence-corrected chi connectivity index (χ2v) is 4.38. The summed E-state index contributed by atoms with van der Waals surface area (Å²) < 4.78 is 2.26. The van der Waals surface area contributed by atoms with E-state index in [0.717, 1.165) is 13.1 Å². The van der Waals surface area contributed by atoms with E-state index in [4.69, 9.17) is 0 Å². The molecule has 1 rings (SSSR count). The first-order chi connectivity index (χ1) is 7.88. The Balaban J connectivity index is 2.13. The molecule has 0 aliphatic carbocycles. The van der Waals surface area contributed by atoms with Crippen LogP contribution >= 0.6 is 0 Å². The summed E-state index contributed by atoms with van der Waals surface area (Å²) in [5, 5.41) is 3.17. The molecule has 1 aromatic rings. The normalized spacial score (nSPS) is 10.9. The highest BCUT2D eigenvalue weighted by molar-refractivity contribution is 4.97. The molecule has 0 saturated carbocycles. The Hall–Kier alpha value is -0.830. The third kappa shape index (κ3) is 4.79. The Morgan fingerprint density at radius 2 is 1.94 bits per heavy atom. The number of hydrogen-bond acceptors (Lipinski definition) is 2. The molecule has 0 saturated heterocycles. The lowest BCUT2D eigenvalue weighted by Crippen LogP contribution is -2.10. The molecule has 1 N–H and O–H groups in total. The Kier molecular flexibility index (Phi) is 6.90. The van der Waals surface area contributed by atoms with E-state index in [1.54, 1.807) is 0 Å². The van der Waals surface area contributed by atoms with Gasteiger partial charge in [0.2, 0.25) is 0 Å². The Morgan fingerprint density at radius 3 is 2.69 bits per heavy atom. The quantitative estimate of drug-likeness (QED) is 0.652. The van der Waals surface area contributed by atoms with Crippen LogP contribution in [0.3, 0.4) is 0 Å². The largest absolute Gasteiger partial charge is 0.333 e. The SMILES string of the molecule is CCCCCCCCn1cncc1CNC. The zero-order chi connectivity index (χ0) is 11.6. The van der Waals surface area contributed by atoms with Gasteiger partial charge in [-0.2, -0.15) is 0 Å². The van der Waals surface area contributed by atoms with Crippen LogP contribution in [0.2, 0.25) is 0 Å². The van der Waals surface area contributed by atoms with Crippen molar-refractivity contribution in [3.63, 3.8) is 0 Å². The van der Waals surface area contributed by atoms with Crippen molar-refractivity contribution in [2.45, 2.75) is 58.5 Å². The van der Waals surface area contributed by atoms with Crippen LogP contribution in [-0.4, -0.2) is 16.6 Å². The highest BCUT2D eigenvalue weighted by atomic mass is 15.1. The molecule has 1 heterocycles. The number of hydrogen-bond donors (Lipinski definition) is 1. The first-order valence-electron chi connectivity index (χ1n) is 6.52. The van der Waals surface area contributed by atoms with Crippen molar-refractivity contribution < 1.29 is 0 Å². The van der Waals surface area contributed by atoms with Gasteiger partial charge in [0.25, 0.3) is 0 Å². The van der Waals surface area contributed by atoms with E-state index in [1.807, 2.05) is 19.6 Å². The van der Waals surface area contributed by atoms with Crippen LogP contribution < -0.4 is 5.32 Å². The molecule has 0 atom stereocenters. The molecule has 0 amide bonds. The molecule has 0 spiro atoms. The molecule has 92 valence electrons. The van der Waals surface area contributed by atoms with Gasteiger partial charge in [-0.15, -0.1) is 0 Å². The van der Waals surface area contributed by atoms with Gasteiger partial charge in [0.05, 0.1) is 12.0 Å². The molecule has 0 fully saturated rings. The van der Waals surface area contributed by atoms with Crippen molar-refractivity contribution >= 4 is 0 Å². The predicted molar refractivity (Wildman–Crippen MR) is 68.4 cm³/mol. The van der Waals surface area contributed by atoms with Crippen LogP contribution in [0.25, 0.3) is 0 Å². The second-order valence-electron chi connectivity index (χ2n) is 4.38. The summed E-state index contributed by atoms with van der Waals surface area (Å²) in [5.41, 5.74) is 1.29. The minimum atomic E-state index is 0.913. The molecule has 0 aliphatic heterocycles. The number of rotatable bonds is 9. The maximum atomic E-state index is 4.19. The van der Waals surface area contributed by atoms with Crippen LogP contribution in [0.5, 0.6) is 0 Å². The lowest BCUT2D eigenvalue weighted by molar-refractivity contribution is 0.543. The van der Waals surface area contributed by atoms with Gasteiger partial charge in [0.1, 0.15) is 0 Å². The summed E-state index contributed by atoms with van der Waals surface area (Å²) in [6, 6.07) is 0. The van der Waals surface area contributed by atoms with Crippen molar-refractivity contribution in [1.82, 2.24) is 14.9 Å². The molecule has 0 aromatic carbocycles. The number of nitrogens with zero attached hydrogens (tertiary/aromatic N) is 2. The molecule has 16 heavy (non-hydrogen) atoms. The summed E-state index contributed by atoms with van der Waals surface area (Å²) >= 11 is 0. The van der Waals surface area contributed by atoms with Crippen molar-refractivity contribution in [3.8, 4) is 0 Å². The van der Waals surface area contributed by atoms with E-state index < -0.39 is 0 Å². The molecule has 0 unspecified atom stereocenters. The predicted octanol–water partition coefficient (Wildman–Crippen LogP) is 2.96. The fourth-order valence-corrected chi connectivity index (χ4v) is 1.94. The van der Waals surface area contributed by atoms with E-state index in [1.165, 1.54) is 44.2 Å². The van der Waals surface area contributed by atoms with Gasteiger partial charge >= 0.3 is 0 Å². The van der Waals surface area contributed by atoms with E-state index in [9.17, 15) is 0 Å². The molecule has 0 radical (unpaired) electrons. The van der Waals surface area contributed by atoms with Crippen molar-refractivity contribution in [3.05, 3.63) is 18.2 Å². The van der Waals surface area contributed by atoms with Crippen LogP contribution in [0.4, 0.5) is 0 Å². The molecular formula is C13H25N3. The highest BCUT2D eigenvalue weighted by Crippen LogP contribution is 2.07. The summed E-state index contributed by atoms with van der Waals surface area (Å²) in [5.74, 6) is 0. The van der Waals surface area contributed by atoms with Crippen molar-refractivity contribution in [2.24, 2.45) is 0 Å². The molecular weight excluding hydrogens is 198 g/mol. The second kappa shape index (κ2) is 8.34. The zero-order valence-corrected chi connectivity index (χ0v) is 10.7. The van der Waals surface area contributed by atoms with Crippen LogP contribution in [-0.2, 0) is 13.1 Å². The summed E-state index contributed by atoms with van der Waals surface area (Å²) in [7, 11) is 1.97. The van der Waals surface area contributed by atoms with E-state index in [-0.39, 0.29) is 0 Å². The minimum Gasteiger partial charge on any atom is -0.333 e. The summed E-state index contributed by atoms with van der Waals surface area (Å²) in [4.78, 5) is 4.19. The molecule has 1 aromatic heterocycles. The maximum absolute atomic E-state index is 4.19. The van der Waals surface area contributed by atoms with Crippen molar-refractivity contribution in [1.29, 1.82) is 0 Å². The van der Waals surface area contributed by atoms with Gasteiger partial charge in [-0.1, -0.05) is 39.0 Å². The Morgan fingerprint density at radius 1 is 1.19 bits per heavy atom. The van der Waals surface area contributed by atoms with Crippen LogP contribution in [0, 0.1) is 0 Å². The van der Waals surface area contributed by atoms with Gasteiger partial charge in [-0.3, -0.25) is 0 Å². The summed E-state index contributed by atoms with van der Waals surface area (Å²) in [6.07, 6.45) is 12.0. The fourth-order valence-electron chi connectivity index (χ4n) is 1.94. The monoisotopic (exact) mass is 223 g/mol. The van der Waals surface area contributed by atoms with E-state index in [2.05, 4.69) is 21.8 Å². The summed E-state index contributed by atoms with van der Waals surface area (Å²) in [6.45, 7) is 4.29. The van der Waals surface area contributed by atoms with Gasteiger partial charge in [-0.25, -0.2) is 4.98 Å². The number of nitrogens with one attached hydrogen (secondary N) is 1. The Bertz CT molecular complexity index is 268. The molecule has 3 nitrogen and oxygen atoms in total. The first-order valence-corrected chi connectivity index (χ1v) is 6.52. The number of aromatic nitrogens is 2.